The highest BCUT2D eigenvalue weighted by atomic mass is 31.2. The lowest BCUT2D eigenvalue weighted by atomic mass is 10.1. The Kier molecular flexibility index (Phi) is 5.97. The Morgan fingerprint density at radius 1 is 1.32 bits per heavy atom. The number of carboxylic acid groups (broad SMARTS) is 2. The molecule has 0 aromatic carbocycles. The van der Waals surface area contributed by atoms with Crippen molar-refractivity contribution in [3.8, 4) is 0 Å². The molecule has 0 aromatic rings. The maximum atomic E-state index is 12.1. The van der Waals surface area contributed by atoms with Crippen LogP contribution < -0.4 is 0 Å². The highest BCUT2D eigenvalue weighted by Crippen LogP contribution is 2.51. The van der Waals surface area contributed by atoms with Gasteiger partial charge in [-0.1, -0.05) is 0 Å². The Balaban J connectivity index is 2.62. The smallest absolute Gasteiger partial charge is 0.307 e. The van der Waals surface area contributed by atoms with E-state index in [4.69, 9.17) is 14.9 Å². The molecule has 0 bridgehead atoms. The molecule has 1 saturated heterocycles. The molecule has 0 aliphatic carbocycles. The lowest BCUT2D eigenvalue weighted by molar-refractivity contribution is -0.142. The molecule has 1 aliphatic heterocycles. The van der Waals surface area contributed by atoms with Crippen LogP contribution in [0.3, 0.4) is 0 Å². The van der Waals surface area contributed by atoms with Crippen LogP contribution in [0, 0.1) is 5.92 Å². The van der Waals surface area contributed by atoms with Crippen LogP contribution in [-0.2, 0) is 18.9 Å². The summed E-state index contributed by atoms with van der Waals surface area (Å²) in [6, 6.07) is 0. The van der Waals surface area contributed by atoms with Crippen molar-refractivity contribution >= 4 is 19.3 Å². The van der Waals surface area contributed by atoms with Crippen LogP contribution >= 0.6 is 7.37 Å². The summed E-state index contributed by atoms with van der Waals surface area (Å²) in [4.78, 5) is 31.4. The quantitative estimate of drug-likeness (QED) is 0.606. The second-order valence-corrected chi connectivity index (χ2v) is 7.18. The molecule has 3 atom stereocenters. The van der Waals surface area contributed by atoms with Gasteiger partial charge >= 0.3 is 11.9 Å². The summed E-state index contributed by atoms with van der Waals surface area (Å²) in [7, 11) is -3.73. The van der Waals surface area contributed by atoms with Crippen LogP contribution in [0.5, 0.6) is 0 Å². The van der Waals surface area contributed by atoms with Crippen LogP contribution in [0.15, 0.2) is 0 Å². The number of carbonyl (C=O) groups is 2. The summed E-state index contributed by atoms with van der Waals surface area (Å²) in [5.41, 5.74) is 0. The van der Waals surface area contributed by atoms with Gasteiger partial charge in [0.1, 0.15) is 5.85 Å². The molecule has 0 amide bonds. The fraction of sp³-hybridized carbons (Fsp3) is 0.818. The van der Waals surface area contributed by atoms with Crippen molar-refractivity contribution in [2.24, 2.45) is 5.92 Å². The summed E-state index contributed by atoms with van der Waals surface area (Å²) >= 11 is 0. The van der Waals surface area contributed by atoms with Gasteiger partial charge in [-0.05, 0) is 25.7 Å². The summed E-state index contributed by atoms with van der Waals surface area (Å²) in [6.45, 7) is 0.405. The van der Waals surface area contributed by atoms with E-state index in [9.17, 15) is 19.0 Å². The normalized spacial score (nSPS) is 24.4. The van der Waals surface area contributed by atoms with Crippen molar-refractivity contribution < 1.29 is 34.0 Å². The fourth-order valence-electron chi connectivity index (χ4n) is 2.07. The Hall–Kier alpha value is -0.910. The van der Waals surface area contributed by atoms with Gasteiger partial charge in [0, 0.05) is 19.2 Å². The SMILES string of the molecule is O=C(O)CCC(CP(=O)(O)C1CCCCO1)C(=O)O. The average molecular weight is 294 g/mol. The van der Waals surface area contributed by atoms with Crippen molar-refractivity contribution in [3.05, 3.63) is 0 Å². The third-order valence-corrected chi connectivity index (χ3v) is 5.41. The van der Waals surface area contributed by atoms with Gasteiger partial charge < -0.3 is 19.8 Å². The third kappa shape index (κ3) is 5.30. The summed E-state index contributed by atoms with van der Waals surface area (Å²) in [6.07, 6.45) is 1.14. The molecular formula is C11H19O7P. The van der Waals surface area contributed by atoms with E-state index in [0.717, 1.165) is 12.8 Å². The van der Waals surface area contributed by atoms with E-state index in [2.05, 4.69) is 0 Å². The predicted octanol–water partition coefficient (Wildman–Crippen LogP) is 1.35. The van der Waals surface area contributed by atoms with Crippen LogP contribution in [0.2, 0.25) is 0 Å². The number of rotatable bonds is 7. The number of aliphatic carboxylic acids is 2. The first kappa shape index (κ1) is 16.1. The summed E-state index contributed by atoms with van der Waals surface area (Å²) in [5, 5.41) is 17.5. The maximum Gasteiger partial charge on any atom is 0.307 e. The molecule has 0 saturated carbocycles. The van der Waals surface area contributed by atoms with Gasteiger partial charge in [0.25, 0.3) is 0 Å². The molecule has 3 unspecified atom stereocenters. The van der Waals surface area contributed by atoms with Gasteiger partial charge in [-0.2, -0.15) is 0 Å². The second-order valence-electron chi connectivity index (χ2n) is 4.73. The largest absolute Gasteiger partial charge is 0.481 e. The van der Waals surface area contributed by atoms with E-state index >= 15 is 0 Å². The van der Waals surface area contributed by atoms with Crippen molar-refractivity contribution in [2.45, 2.75) is 37.9 Å². The molecule has 1 fully saturated rings. The van der Waals surface area contributed by atoms with Gasteiger partial charge in [-0.25, -0.2) is 0 Å². The van der Waals surface area contributed by atoms with Crippen LogP contribution in [-0.4, -0.2) is 45.7 Å². The van der Waals surface area contributed by atoms with Crippen molar-refractivity contribution in [3.63, 3.8) is 0 Å². The van der Waals surface area contributed by atoms with Crippen LogP contribution in [0.1, 0.15) is 32.1 Å². The maximum absolute atomic E-state index is 12.1. The van der Waals surface area contributed by atoms with Crippen molar-refractivity contribution in [1.29, 1.82) is 0 Å². The van der Waals surface area contributed by atoms with Gasteiger partial charge in [-0.3, -0.25) is 14.2 Å². The Labute approximate surface area is 111 Å². The molecule has 0 spiro atoms. The molecule has 7 nitrogen and oxygen atoms in total. The minimum absolute atomic E-state index is 0.151. The Morgan fingerprint density at radius 3 is 2.47 bits per heavy atom. The first-order valence-electron chi connectivity index (χ1n) is 6.20. The highest BCUT2D eigenvalue weighted by Gasteiger charge is 2.37. The molecule has 8 heteroatoms. The van der Waals surface area contributed by atoms with E-state index in [0.29, 0.717) is 13.0 Å². The molecule has 3 N–H and O–H groups in total. The number of hydrogen-bond donors (Lipinski definition) is 3. The zero-order valence-corrected chi connectivity index (χ0v) is 11.4. The van der Waals surface area contributed by atoms with Crippen LogP contribution in [0.25, 0.3) is 0 Å². The number of carboxylic acids is 2. The van der Waals surface area contributed by atoms with E-state index < -0.39 is 37.2 Å². The molecule has 1 heterocycles. The van der Waals surface area contributed by atoms with E-state index in [1.54, 1.807) is 0 Å². The van der Waals surface area contributed by atoms with E-state index in [1.807, 2.05) is 0 Å². The molecule has 1 aliphatic rings. The zero-order chi connectivity index (χ0) is 14.5. The molecule has 0 radical (unpaired) electrons. The zero-order valence-electron chi connectivity index (χ0n) is 10.5. The molecule has 19 heavy (non-hydrogen) atoms. The summed E-state index contributed by atoms with van der Waals surface area (Å²) < 4.78 is 17.4. The number of hydrogen-bond acceptors (Lipinski definition) is 4. The second kappa shape index (κ2) is 7.03. The van der Waals surface area contributed by atoms with E-state index in [1.165, 1.54) is 0 Å². The van der Waals surface area contributed by atoms with Gasteiger partial charge in [0.05, 0.1) is 5.92 Å². The summed E-state index contributed by atoms with van der Waals surface area (Å²) in [5.74, 6) is -4.30. The predicted molar refractivity (Wildman–Crippen MR) is 66.3 cm³/mol. The molecule has 0 aromatic heterocycles. The molecule has 110 valence electrons. The topological polar surface area (TPSA) is 121 Å². The monoisotopic (exact) mass is 294 g/mol. The fourth-order valence-corrected chi connectivity index (χ4v) is 4.20. The third-order valence-electron chi connectivity index (χ3n) is 3.14. The van der Waals surface area contributed by atoms with E-state index in [-0.39, 0.29) is 12.8 Å². The Bertz CT molecular complexity index is 375. The average Bonchev–Trinajstić information content (AvgIpc) is 2.35. The first-order chi connectivity index (χ1) is 8.83. The van der Waals surface area contributed by atoms with Crippen LogP contribution in [0.4, 0.5) is 0 Å². The first-order valence-corrected chi connectivity index (χ1v) is 8.12. The van der Waals surface area contributed by atoms with Gasteiger partial charge in [0.2, 0.25) is 7.37 Å². The van der Waals surface area contributed by atoms with Crippen molar-refractivity contribution in [2.75, 3.05) is 12.8 Å². The lowest BCUT2D eigenvalue weighted by Gasteiger charge is -2.28. The van der Waals surface area contributed by atoms with Gasteiger partial charge in [0.15, 0.2) is 0 Å². The number of ether oxygens (including phenoxy) is 1. The van der Waals surface area contributed by atoms with Gasteiger partial charge in [-0.15, -0.1) is 0 Å². The highest BCUT2D eigenvalue weighted by molar-refractivity contribution is 7.58. The standard InChI is InChI=1S/C11H19O7P/c12-9(13)5-4-8(11(14)15)7-19(16,17)10-3-1-2-6-18-10/h8,10H,1-7H2,(H,12,13)(H,14,15)(H,16,17). The van der Waals surface area contributed by atoms with Crippen molar-refractivity contribution in [1.82, 2.24) is 0 Å². The Morgan fingerprint density at radius 2 is 2.00 bits per heavy atom. The lowest BCUT2D eigenvalue weighted by Crippen LogP contribution is -2.26. The molecule has 1 rings (SSSR count). The minimum atomic E-state index is -3.73. The minimum Gasteiger partial charge on any atom is -0.481 e. The molecular weight excluding hydrogens is 275 g/mol.